The van der Waals surface area contributed by atoms with Crippen LogP contribution in [0.25, 0.3) is 0 Å². The van der Waals surface area contributed by atoms with Crippen molar-refractivity contribution in [2.24, 2.45) is 5.92 Å². The first-order valence-electron chi connectivity index (χ1n) is 6.23. The van der Waals surface area contributed by atoms with E-state index in [1.54, 1.807) is 0 Å². The lowest BCUT2D eigenvalue weighted by Gasteiger charge is -2.18. The first-order valence-corrected chi connectivity index (χ1v) is 8.42. The fourth-order valence-corrected chi connectivity index (χ4v) is 3.67. The molecule has 0 saturated heterocycles. The molecule has 1 saturated carbocycles. The molecule has 0 radical (unpaired) electrons. The normalized spacial score (nSPS) is 17.6. The van der Waals surface area contributed by atoms with Gasteiger partial charge < -0.3 is 0 Å². The molecule has 18 heavy (non-hydrogen) atoms. The maximum Gasteiger partial charge on any atom is 0.212 e. The Hall–Kier alpha value is -0.580. The van der Waals surface area contributed by atoms with E-state index in [9.17, 15) is 8.42 Å². The van der Waals surface area contributed by atoms with E-state index in [0.717, 1.165) is 18.4 Å². The Morgan fingerprint density at radius 2 is 1.94 bits per heavy atom. The van der Waals surface area contributed by atoms with Gasteiger partial charge in [0.05, 0.1) is 5.75 Å². The topological polar surface area (TPSA) is 46.2 Å². The lowest BCUT2D eigenvalue weighted by atomic mass is 10.0. The van der Waals surface area contributed by atoms with Crippen LogP contribution in [-0.4, -0.2) is 20.1 Å². The zero-order chi connectivity index (χ0) is 13.0. The van der Waals surface area contributed by atoms with Crippen molar-refractivity contribution in [2.75, 3.05) is 11.6 Å². The molecule has 0 bridgehead atoms. The summed E-state index contributed by atoms with van der Waals surface area (Å²) in [5.74, 6) is 0.922. The van der Waals surface area contributed by atoms with Crippen LogP contribution in [0.4, 0.5) is 0 Å². The predicted octanol–water partition coefficient (Wildman–Crippen LogP) is 2.69. The standard InChI is InChI=1S/C13H18ClNO2S/c14-9-4-10-18(16,17)15-13(12-7-8-12)11-5-2-1-3-6-11/h1-3,5-6,12-13,15H,4,7-10H2. The van der Waals surface area contributed by atoms with Crippen molar-refractivity contribution in [2.45, 2.75) is 25.3 Å². The molecule has 1 aromatic rings. The highest BCUT2D eigenvalue weighted by Gasteiger charge is 2.34. The minimum absolute atomic E-state index is 0.0773. The lowest BCUT2D eigenvalue weighted by molar-refractivity contribution is 0.528. The Morgan fingerprint density at radius 3 is 2.50 bits per heavy atom. The summed E-state index contributed by atoms with van der Waals surface area (Å²) < 4.78 is 26.7. The fourth-order valence-electron chi connectivity index (χ4n) is 2.02. The van der Waals surface area contributed by atoms with Crippen molar-refractivity contribution in [3.8, 4) is 0 Å². The predicted molar refractivity (Wildman–Crippen MR) is 74.2 cm³/mol. The highest BCUT2D eigenvalue weighted by Crippen LogP contribution is 2.41. The molecule has 0 aromatic heterocycles. The molecule has 1 aromatic carbocycles. The zero-order valence-corrected chi connectivity index (χ0v) is 11.8. The van der Waals surface area contributed by atoms with Gasteiger partial charge in [0, 0.05) is 11.9 Å². The maximum absolute atomic E-state index is 11.9. The second-order valence-electron chi connectivity index (χ2n) is 4.71. The number of alkyl halides is 1. The molecule has 0 aliphatic heterocycles. The molecule has 1 unspecified atom stereocenters. The number of sulfonamides is 1. The van der Waals surface area contributed by atoms with Crippen molar-refractivity contribution in [3.63, 3.8) is 0 Å². The Morgan fingerprint density at radius 1 is 1.28 bits per heavy atom. The summed E-state index contributed by atoms with van der Waals surface area (Å²) in [5, 5.41) is 0. The number of benzene rings is 1. The van der Waals surface area contributed by atoms with Gasteiger partial charge in [-0.1, -0.05) is 30.3 Å². The van der Waals surface area contributed by atoms with Gasteiger partial charge >= 0.3 is 0 Å². The van der Waals surface area contributed by atoms with E-state index in [1.807, 2.05) is 30.3 Å². The zero-order valence-electron chi connectivity index (χ0n) is 10.2. The summed E-state index contributed by atoms with van der Waals surface area (Å²) >= 11 is 5.54. The lowest BCUT2D eigenvalue weighted by Crippen LogP contribution is -2.32. The molecule has 100 valence electrons. The number of halogens is 1. The van der Waals surface area contributed by atoms with Crippen LogP contribution in [0.5, 0.6) is 0 Å². The Balaban J connectivity index is 2.08. The van der Waals surface area contributed by atoms with Crippen LogP contribution >= 0.6 is 11.6 Å². The van der Waals surface area contributed by atoms with Gasteiger partial charge in [-0.25, -0.2) is 13.1 Å². The molecule has 1 fully saturated rings. The molecular weight excluding hydrogens is 270 g/mol. The van der Waals surface area contributed by atoms with E-state index in [1.165, 1.54) is 0 Å². The van der Waals surface area contributed by atoms with Crippen LogP contribution in [0.2, 0.25) is 0 Å². The Kier molecular flexibility index (Phi) is 4.65. The molecule has 3 nitrogen and oxygen atoms in total. The molecule has 5 heteroatoms. The fraction of sp³-hybridized carbons (Fsp3) is 0.538. The van der Waals surface area contributed by atoms with Crippen molar-refractivity contribution >= 4 is 21.6 Å². The third-order valence-corrected chi connectivity index (χ3v) is 4.81. The summed E-state index contributed by atoms with van der Waals surface area (Å²) in [7, 11) is -3.23. The number of hydrogen-bond acceptors (Lipinski definition) is 2. The van der Waals surface area contributed by atoms with E-state index < -0.39 is 10.0 Å². The van der Waals surface area contributed by atoms with Crippen LogP contribution in [0.15, 0.2) is 30.3 Å². The largest absolute Gasteiger partial charge is 0.212 e. The second kappa shape index (κ2) is 6.04. The van der Waals surface area contributed by atoms with E-state index in [0.29, 0.717) is 18.2 Å². The van der Waals surface area contributed by atoms with E-state index in [-0.39, 0.29) is 11.8 Å². The third-order valence-electron chi connectivity index (χ3n) is 3.11. The summed E-state index contributed by atoms with van der Waals surface area (Å²) in [4.78, 5) is 0. The first kappa shape index (κ1) is 13.8. The monoisotopic (exact) mass is 287 g/mol. The van der Waals surface area contributed by atoms with Gasteiger partial charge in [0.1, 0.15) is 0 Å². The highest BCUT2D eigenvalue weighted by atomic mass is 35.5. The highest BCUT2D eigenvalue weighted by molar-refractivity contribution is 7.89. The van der Waals surface area contributed by atoms with Gasteiger partial charge in [-0.15, -0.1) is 11.6 Å². The smallest absolute Gasteiger partial charge is 0.212 e. The molecule has 1 aliphatic carbocycles. The van der Waals surface area contributed by atoms with E-state index >= 15 is 0 Å². The summed E-state index contributed by atoms with van der Waals surface area (Å²) in [5.41, 5.74) is 1.05. The van der Waals surface area contributed by atoms with Gasteiger partial charge in [-0.3, -0.25) is 0 Å². The number of hydrogen-bond donors (Lipinski definition) is 1. The van der Waals surface area contributed by atoms with Gasteiger partial charge in [0.2, 0.25) is 10.0 Å². The second-order valence-corrected chi connectivity index (χ2v) is 6.96. The molecule has 0 spiro atoms. The average Bonchev–Trinajstić information content (AvgIpc) is 3.19. The van der Waals surface area contributed by atoms with Crippen molar-refractivity contribution in [3.05, 3.63) is 35.9 Å². The quantitative estimate of drug-likeness (QED) is 0.784. The molecular formula is C13H18ClNO2S. The van der Waals surface area contributed by atoms with Gasteiger partial charge in [0.25, 0.3) is 0 Å². The summed E-state index contributed by atoms with van der Waals surface area (Å²) in [6, 6.07) is 9.71. The van der Waals surface area contributed by atoms with Gasteiger partial charge in [-0.05, 0) is 30.7 Å². The van der Waals surface area contributed by atoms with Crippen LogP contribution in [0.3, 0.4) is 0 Å². The van der Waals surface area contributed by atoms with Gasteiger partial charge in [-0.2, -0.15) is 0 Å². The SMILES string of the molecule is O=S(=O)(CCCCl)NC(c1ccccc1)C1CC1. The van der Waals surface area contributed by atoms with E-state index in [4.69, 9.17) is 11.6 Å². The molecule has 1 aliphatic rings. The molecule has 1 atom stereocenters. The number of rotatable bonds is 7. The van der Waals surface area contributed by atoms with Crippen LogP contribution in [-0.2, 0) is 10.0 Å². The minimum Gasteiger partial charge on any atom is -0.212 e. The molecule has 0 amide bonds. The van der Waals surface area contributed by atoms with E-state index in [2.05, 4.69) is 4.72 Å². The molecule has 0 heterocycles. The maximum atomic E-state index is 11.9. The van der Waals surface area contributed by atoms with Crippen molar-refractivity contribution in [1.29, 1.82) is 0 Å². The average molecular weight is 288 g/mol. The van der Waals surface area contributed by atoms with Crippen molar-refractivity contribution in [1.82, 2.24) is 4.72 Å². The summed E-state index contributed by atoms with van der Waals surface area (Å²) in [6.45, 7) is 0. The Bertz CT molecular complexity index is 471. The van der Waals surface area contributed by atoms with Crippen LogP contribution in [0, 0.1) is 5.92 Å². The van der Waals surface area contributed by atoms with Gasteiger partial charge in [0.15, 0.2) is 0 Å². The molecule has 1 N–H and O–H groups in total. The first-order chi connectivity index (χ1) is 8.62. The van der Waals surface area contributed by atoms with Crippen LogP contribution in [0.1, 0.15) is 30.9 Å². The Labute approximate surface area is 114 Å². The minimum atomic E-state index is -3.23. The third kappa shape index (κ3) is 3.97. The number of nitrogens with one attached hydrogen (secondary N) is 1. The van der Waals surface area contributed by atoms with Crippen molar-refractivity contribution < 1.29 is 8.42 Å². The summed E-state index contributed by atoms with van der Waals surface area (Å²) in [6.07, 6.45) is 2.68. The molecule has 2 rings (SSSR count). The van der Waals surface area contributed by atoms with Crippen LogP contribution < -0.4 is 4.72 Å².